The fraction of sp³-hybridized carbons (Fsp3) is 0.929. The summed E-state index contributed by atoms with van der Waals surface area (Å²) in [5.74, 6) is 0.122. The number of hydrogen-bond acceptors (Lipinski definition) is 5. The van der Waals surface area contributed by atoms with Crippen molar-refractivity contribution in [3.8, 4) is 0 Å². The van der Waals surface area contributed by atoms with Crippen molar-refractivity contribution in [3.63, 3.8) is 0 Å². The van der Waals surface area contributed by atoms with Gasteiger partial charge in [-0.25, -0.2) is 0 Å². The van der Waals surface area contributed by atoms with Gasteiger partial charge in [-0.2, -0.15) is 0 Å². The Morgan fingerprint density at radius 3 is 2.60 bits per heavy atom. The topological polar surface area (TPSA) is 70.8 Å². The molecule has 3 N–H and O–H groups in total. The summed E-state index contributed by atoms with van der Waals surface area (Å²) in [5.41, 5.74) is 5.53. The highest BCUT2D eigenvalue weighted by atomic mass is 16.5. The van der Waals surface area contributed by atoms with E-state index in [1.807, 2.05) is 6.92 Å². The lowest BCUT2D eigenvalue weighted by molar-refractivity contribution is -0.126. The van der Waals surface area contributed by atoms with E-state index in [4.69, 9.17) is 10.5 Å². The number of carbonyl (C=O) groups excluding carboxylic acids is 1. The quantitative estimate of drug-likeness (QED) is 0.559. The van der Waals surface area contributed by atoms with E-state index in [1.54, 1.807) is 7.11 Å². The number of amides is 1. The molecular weight excluding hydrogens is 256 g/mol. The third-order valence-electron chi connectivity index (χ3n) is 3.84. The molecule has 0 radical (unpaired) electrons. The molecule has 1 rings (SSSR count). The summed E-state index contributed by atoms with van der Waals surface area (Å²) in [4.78, 5) is 16.7. The molecule has 0 aliphatic carbocycles. The van der Waals surface area contributed by atoms with E-state index in [-0.39, 0.29) is 11.9 Å². The smallest absolute Gasteiger partial charge is 0.237 e. The zero-order chi connectivity index (χ0) is 14.8. The van der Waals surface area contributed by atoms with E-state index in [1.165, 1.54) is 0 Å². The van der Waals surface area contributed by atoms with Crippen LogP contribution in [0, 0.1) is 0 Å². The summed E-state index contributed by atoms with van der Waals surface area (Å²) in [5, 5.41) is 2.97. The molecule has 1 fully saturated rings. The number of carbonyl (C=O) groups is 1. The number of hydrogen-bond donors (Lipinski definition) is 2. The number of ether oxygens (including phenoxy) is 1. The average molecular weight is 286 g/mol. The zero-order valence-corrected chi connectivity index (χ0v) is 12.9. The molecule has 6 nitrogen and oxygen atoms in total. The highest BCUT2D eigenvalue weighted by molar-refractivity contribution is 5.81. The molecule has 0 bridgehead atoms. The lowest BCUT2D eigenvalue weighted by Gasteiger charge is -2.37. The van der Waals surface area contributed by atoms with Crippen LogP contribution in [0.5, 0.6) is 0 Å². The second kappa shape index (κ2) is 10.1. The number of piperazine rings is 1. The van der Waals surface area contributed by atoms with Crippen molar-refractivity contribution >= 4 is 5.91 Å². The number of nitrogens with two attached hydrogens (primary N) is 1. The van der Waals surface area contributed by atoms with Crippen LogP contribution in [-0.2, 0) is 9.53 Å². The largest absolute Gasteiger partial charge is 0.385 e. The monoisotopic (exact) mass is 286 g/mol. The fourth-order valence-corrected chi connectivity index (χ4v) is 2.43. The minimum atomic E-state index is -0.0470. The van der Waals surface area contributed by atoms with Gasteiger partial charge in [-0.1, -0.05) is 0 Å². The summed E-state index contributed by atoms with van der Waals surface area (Å²) in [7, 11) is 1.68. The van der Waals surface area contributed by atoms with Gasteiger partial charge in [0, 0.05) is 46.4 Å². The summed E-state index contributed by atoms with van der Waals surface area (Å²) in [6, 6.07) is -0.0470. The molecule has 6 heteroatoms. The van der Waals surface area contributed by atoms with Crippen LogP contribution >= 0.6 is 0 Å². The third-order valence-corrected chi connectivity index (χ3v) is 3.84. The van der Waals surface area contributed by atoms with Crippen molar-refractivity contribution in [2.24, 2.45) is 5.73 Å². The minimum absolute atomic E-state index is 0.0470. The zero-order valence-electron chi connectivity index (χ0n) is 12.9. The predicted molar refractivity (Wildman–Crippen MR) is 80.6 cm³/mol. The van der Waals surface area contributed by atoms with Crippen LogP contribution in [-0.4, -0.2) is 81.3 Å². The molecule has 1 amide bonds. The van der Waals surface area contributed by atoms with Gasteiger partial charge < -0.3 is 20.7 Å². The summed E-state index contributed by atoms with van der Waals surface area (Å²) < 4.78 is 4.97. The SMILES string of the molecule is COCCCNC(=O)C(C)N1CCN(CCCN)CC1. The Labute approximate surface area is 122 Å². The molecule has 1 aliphatic heterocycles. The van der Waals surface area contributed by atoms with Crippen LogP contribution < -0.4 is 11.1 Å². The molecule has 0 spiro atoms. The average Bonchev–Trinajstić information content (AvgIpc) is 2.49. The van der Waals surface area contributed by atoms with Crippen LogP contribution in [0.3, 0.4) is 0 Å². The molecule has 20 heavy (non-hydrogen) atoms. The molecule has 1 saturated heterocycles. The summed E-state index contributed by atoms with van der Waals surface area (Å²) in [6.07, 6.45) is 1.91. The van der Waals surface area contributed by atoms with Gasteiger partial charge in [0.1, 0.15) is 0 Å². The molecule has 1 heterocycles. The summed E-state index contributed by atoms with van der Waals surface area (Å²) in [6.45, 7) is 9.16. The first-order chi connectivity index (χ1) is 9.69. The van der Waals surface area contributed by atoms with Crippen LogP contribution in [0.25, 0.3) is 0 Å². The molecular formula is C14H30N4O2. The van der Waals surface area contributed by atoms with Crippen LogP contribution in [0.2, 0.25) is 0 Å². The number of nitrogens with one attached hydrogen (secondary N) is 1. The van der Waals surface area contributed by atoms with E-state index in [0.29, 0.717) is 13.2 Å². The van der Waals surface area contributed by atoms with Crippen molar-refractivity contribution in [2.75, 3.05) is 59.5 Å². The Hall–Kier alpha value is -0.690. The second-order valence-electron chi connectivity index (χ2n) is 5.33. The Kier molecular flexibility index (Phi) is 8.77. The maximum absolute atomic E-state index is 12.0. The highest BCUT2D eigenvalue weighted by Crippen LogP contribution is 2.07. The van der Waals surface area contributed by atoms with E-state index < -0.39 is 0 Å². The first kappa shape index (κ1) is 17.4. The first-order valence-corrected chi connectivity index (χ1v) is 7.62. The molecule has 1 aliphatic rings. The van der Waals surface area contributed by atoms with Gasteiger partial charge in [0.05, 0.1) is 6.04 Å². The first-order valence-electron chi connectivity index (χ1n) is 7.62. The third kappa shape index (κ3) is 6.17. The lowest BCUT2D eigenvalue weighted by atomic mass is 10.2. The maximum atomic E-state index is 12.0. The van der Waals surface area contributed by atoms with Crippen molar-refractivity contribution in [3.05, 3.63) is 0 Å². The van der Waals surface area contributed by atoms with Crippen LogP contribution in [0.15, 0.2) is 0 Å². The van der Waals surface area contributed by atoms with Gasteiger partial charge in [0.15, 0.2) is 0 Å². The van der Waals surface area contributed by atoms with E-state index >= 15 is 0 Å². The van der Waals surface area contributed by atoms with E-state index in [9.17, 15) is 4.79 Å². The molecule has 1 atom stereocenters. The van der Waals surface area contributed by atoms with Gasteiger partial charge in [0.2, 0.25) is 5.91 Å². The molecule has 0 aromatic heterocycles. The van der Waals surface area contributed by atoms with Gasteiger partial charge >= 0.3 is 0 Å². The second-order valence-corrected chi connectivity index (χ2v) is 5.33. The van der Waals surface area contributed by atoms with Gasteiger partial charge in [-0.15, -0.1) is 0 Å². The van der Waals surface area contributed by atoms with Crippen LogP contribution in [0.1, 0.15) is 19.8 Å². The van der Waals surface area contributed by atoms with Gasteiger partial charge in [0.25, 0.3) is 0 Å². The van der Waals surface area contributed by atoms with Crippen molar-refractivity contribution < 1.29 is 9.53 Å². The molecule has 1 unspecified atom stereocenters. The molecule has 0 aromatic rings. The Balaban J connectivity index is 2.20. The molecule has 118 valence electrons. The Bertz CT molecular complexity index is 268. The van der Waals surface area contributed by atoms with Crippen molar-refractivity contribution in [1.82, 2.24) is 15.1 Å². The van der Waals surface area contributed by atoms with Crippen LogP contribution in [0.4, 0.5) is 0 Å². The Morgan fingerprint density at radius 2 is 2.00 bits per heavy atom. The van der Waals surface area contributed by atoms with Gasteiger partial charge in [-0.05, 0) is 32.9 Å². The standard InChI is InChI=1S/C14H30N4O2/c1-13(14(19)16-6-4-12-20-2)18-10-8-17(9-11-18)7-3-5-15/h13H,3-12,15H2,1-2H3,(H,16,19). The van der Waals surface area contributed by atoms with Crippen molar-refractivity contribution in [1.29, 1.82) is 0 Å². The number of rotatable bonds is 9. The number of nitrogens with zero attached hydrogens (tertiary/aromatic N) is 2. The normalized spacial score (nSPS) is 18.9. The van der Waals surface area contributed by atoms with Crippen molar-refractivity contribution in [2.45, 2.75) is 25.8 Å². The predicted octanol–water partition coefficient (Wildman–Crippen LogP) is -0.506. The molecule has 0 aromatic carbocycles. The van der Waals surface area contributed by atoms with E-state index in [2.05, 4.69) is 15.1 Å². The Morgan fingerprint density at radius 1 is 1.30 bits per heavy atom. The number of methoxy groups -OCH3 is 1. The fourth-order valence-electron chi connectivity index (χ4n) is 2.43. The highest BCUT2D eigenvalue weighted by Gasteiger charge is 2.24. The lowest BCUT2D eigenvalue weighted by Crippen LogP contribution is -2.54. The van der Waals surface area contributed by atoms with E-state index in [0.717, 1.165) is 52.1 Å². The minimum Gasteiger partial charge on any atom is -0.385 e. The maximum Gasteiger partial charge on any atom is 0.237 e. The summed E-state index contributed by atoms with van der Waals surface area (Å²) >= 11 is 0. The molecule has 0 saturated carbocycles. The van der Waals surface area contributed by atoms with Gasteiger partial charge in [-0.3, -0.25) is 9.69 Å².